The molecule has 13 atom stereocenters. The molecule has 14 heteroatoms. The molecule has 2 aliphatic heterocycles. The van der Waals surface area contributed by atoms with Crippen molar-refractivity contribution in [2.24, 2.45) is 35.5 Å². The average Bonchev–Trinajstić information content (AvgIpc) is 3.28. The molecule has 2 heterocycles. The number of aldehydes is 1. The Kier molecular flexibility index (Phi) is 23.3. The van der Waals surface area contributed by atoms with Gasteiger partial charge in [0.1, 0.15) is 30.8 Å². The van der Waals surface area contributed by atoms with Crippen molar-refractivity contribution >= 4 is 35.5 Å². The number of amides is 1. The van der Waals surface area contributed by atoms with Gasteiger partial charge in [0, 0.05) is 58.5 Å². The van der Waals surface area contributed by atoms with E-state index in [0.717, 1.165) is 18.4 Å². The number of carbonyl (C=O) groups excluding carboxylic acids is 6. The highest BCUT2D eigenvalue weighted by molar-refractivity contribution is 6.39. The number of nitrogens with zero attached hydrogens (tertiary/aromatic N) is 1. The lowest BCUT2D eigenvalue weighted by molar-refractivity contribution is -0.265. The third kappa shape index (κ3) is 16.6. The number of piperidine rings is 1. The summed E-state index contributed by atoms with van der Waals surface area (Å²) in [5.41, 5.74) is 1.30. The normalized spacial score (nSPS) is 28.6. The fourth-order valence-corrected chi connectivity index (χ4v) is 9.44. The molecule has 2 N–H and O–H groups in total. The number of allylic oxidation sites excluding steroid dienone is 7. The van der Waals surface area contributed by atoms with Crippen LogP contribution in [0.25, 0.3) is 0 Å². The number of methoxy groups -OCH3 is 3. The maximum Gasteiger partial charge on any atom is 0.329 e. The number of rotatable bonds is 25. The van der Waals surface area contributed by atoms with Crippen molar-refractivity contribution in [2.45, 2.75) is 168 Å². The van der Waals surface area contributed by atoms with Crippen molar-refractivity contribution in [3.05, 3.63) is 47.6 Å². The molecule has 0 aromatic rings. The lowest BCUT2D eigenvalue weighted by Crippen LogP contribution is -2.61. The summed E-state index contributed by atoms with van der Waals surface area (Å²) in [6, 6.07) is -1.12. The van der Waals surface area contributed by atoms with Crippen molar-refractivity contribution in [2.75, 3.05) is 34.5 Å². The van der Waals surface area contributed by atoms with Gasteiger partial charge >= 0.3 is 5.97 Å². The van der Waals surface area contributed by atoms with Gasteiger partial charge in [0.15, 0.2) is 5.78 Å². The minimum Gasteiger partial charge on any atom is -0.460 e. The summed E-state index contributed by atoms with van der Waals surface area (Å²) in [7, 11) is 4.66. The van der Waals surface area contributed by atoms with Crippen LogP contribution < -0.4 is 0 Å². The van der Waals surface area contributed by atoms with E-state index in [4.69, 9.17) is 23.7 Å². The predicted molar refractivity (Wildman–Crippen MR) is 246 cm³/mol. The second-order valence-corrected chi connectivity index (χ2v) is 19.1. The van der Waals surface area contributed by atoms with Crippen LogP contribution in [0.3, 0.4) is 0 Å². The molecule has 2 saturated heterocycles. The highest BCUT2D eigenvalue weighted by atomic mass is 16.6. The number of carbonyl (C=O) groups is 6. The van der Waals surface area contributed by atoms with Crippen LogP contribution in [0, 0.1) is 35.5 Å². The summed E-state index contributed by atoms with van der Waals surface area (Å²) in [6.45, 7) is 13.0. The van der Waals surface area contributed by atoms with E-state index in [2.05, 4.69) is 6.92 Å². The molecule has 65 heavy (non-hydrogen) atoms. The van der Waals surface area contributed by atoms with E-state index >= 15 is 0 Å². The number of ketones is 3. The van der Waals surface area contributed by atoms with Crippen LogP contribution in [0.15, 0.2) is 47.6 Å². The molecule has 3 aliphatic rings. The lowest BCUT2D eigenvalue weighted by Gasteiger charge is -2.42. The smallest absolute Gasteiger partial charge is 0.329 e. The Labute approximate surface area is 387 Å². The number of aliphatic hydroxyl groups excluding tert-OH is 1. The Bertz CT molecular complexity index is 1720. The first-order valence-electron chi connectivity index (χ1n) is 23.7. The summed E-state index contributed by atoms with van der Waals surface area (Å²) >= 11 is 0. The topological polar surface area (TPSA) is 192 Å². The molecule has 0 spiro atoms. The quantitative estimate of drug-likeness (QED) is 0.0326. The van der Waals surface area contributed by atoms with Crippen LogP contribution in [0.4, 0.5) is 0 Å². The molecule has 1 aliphatic carbocycles. The summed E-state index contributed by atoms with van der Waals surface area (Å²) in [6.07, 6.45) is 14.9. The van der Waals surface area contributed by atoms with Crippen LogP contribution in [0.5, 0.6) is 0 Å². The number of esters is 1. The Morgan fingerprint density at radius 1 is 0.908 bits per heavy atom. The minimum absolute atomic E-state index is 0.0796. The SMILES string of the molecule is COCC(=O)[C@@H](C)C[C@H](C)/C=C/C=C/C=C(\C)[C@H](C[C@@H]1CC[C@@H](C)[C@](O)(C(=O)C(=O)N2CCCC[C@H]2C(=O)O[C@@H](CC(=O)[C@H](C)/C=C(\C)C=O)[C@H](C)C[C@@H]2CC[C@@H](O)[C@H](OC)C2)O1)OC. The molecule has 3 fully saturated rings. The third-order valence-corrected chi connectivity index (χ3v) is 13.7. The third-order valence-electron chi connectivity index (χ3n) is 13.7. The standard InChI is InChI=1S/C51H79NO13/c1-32(24-36(5)44(56)31-61-8)16-12-11-13-17-34(3)45(62-9)28-40-21-19-38(7)51(60,65-40)48(57)49(58)52-23-15-14-18-41(52)50(59)64-46(29-43(55)35(4)25-33(2)30-53)37(6)26-39-20-22-42(54)47(27-39)63-10/h11-13,16-17,25,30,32,35-42,45-47,54,60H,14-15,18-24,26-29,31H2,1-10H3/b13-11+,16-12+,33-25+,34-17+/t32-,35-,36+,37-,38-,39+,40+,41+,42-,45+,46+,47-,51-/m1/s1. The maximum absolute atomic E-state index is 14.2. The number of hydrogen-bond donors (Lipinski definition) is 2. The van der Waals surface area contributed by atoms with E-state index < -0.39 is 65.7 Å². The monoisotopic (exact) mass is 914 g/mol. The largest absolute Gasteiger partial charge is 0.460 e. The summed E-state index contributed by atoms with van der Waals surface area (Å²) in [4.78, 5) is 80.6. The van der Waals surface area contributed by atoms with Gasteiger partial charge in [-0.1, -0.05) is 71.1 Å². The van der Waals surface area contributed by atoms with E-state index in [-0.39, 0.29) is 67.3 Å². The molecular formula is C51H79NO13. The van der Waals surface area contributed by atoms with E-state index in [1.807, 2.05) is 51.2 Å². The van der Waals surface area contributed by atoms with Crippen molar-refractivity contribution < 1.29 is 62.7 Å². The lowest BCUT2D eigenvalue weighted by atomic mass is 9.78. The van der Waals surface area contributed by atoms with Crippen molar-refractivity contribution in [3.63, 3.8) is 0 Å². The van der Waals surface area contributed by atoms with E-state index in [1.165, 1.54) is 12.0 Å². The van der Waals surface area contributed by atoms with Gasteiger partial charge in [-0.25, -0.2) is 4.79 Å². The van der Waals surface area contributed by atoms with Crippen LogP contribution >= 0.6 is 0 Å². The number of likely N-dealkylation sites (tertiary alicyclic amines) is 1. The summed E-state index contributed by atoms with van der Waals surface area (Å²) in [5, 5.41) is 22.3. The number of Topliss-reactive ketones (excluding diaryl/α,β-unsaturated/α-hetero) is 3. The molecule has 0 aromatic carbocycles. The molecule has 1 saturated carbocycles. The highest BCUT2D eigenvalue weighted by Crippen LogP contribution is 2.37. The first-order chi connectivity index (χ1) is 30.8. The molecule has 3 rings (SSSR count). The molecule has 0 bridgehead atoms. The Balaban J connectivity index is 1.73. The molecule has 0 unspecified atom stereocenters. The molecule has 0 aromatic heterocycles. The fourth-order valence-electron chi connectivity index (χ4n) is 9.44. The Morgan fingerprint density at radius 2 is 1.63 bits per heavy atom. The van der Waals surface area contributed by atoms with Gasteiger partial charge in [-0.3, -0.25) is 24.0 Å². The molecule has 14 nitrogen and oxygen atoms in total. The number of ether oxygens (including phenoxy) is 5. The zero-order valence-electron chi connectivity index (χ0n) is 40.7. The van der Waals surface area contributed by atoms with Gasteiger partial charge < -0.3 is 38.8 Å². The van der Waals surface area contributed by atoms with Gasteiger partial charge in [-0.2, -0.15) is 0 Å². The average molecular weight is 914 g/mol. The van der Waals surface area contributed by atoms with Crippen LogP contribution in [0.1, 0.15) is 126 Å². The van der Waals surface area contributed by atoms with Crippen LogP contribution in [0.2, 0.25) is 0 Å². The minimum atomic E-state index is -2.44. The second kappa shape index (κ2) is 27.2. The van der Waals surface area contributed by atoms with Crippen molar-refractivity contribution in [1.82, 2.24) is 4.90 Å². The van der Waals surface area contributed by atoms with Crippen molar-refractivity contribution in [3.8, 4) is 0 Å². The first kappa shape index (κ1) is 55.7. The van der Waals surface area contributed by atoms with E-state index in [0.29, 0.717) is 63.2 Å². The number of hydrogen-bond acceptors (Lipinski definition) is 13. The molecule has 366 valence electrons. The molecule has 0 radical (unpaired) electrons. The van der Waals surface area contributed by atoms with Crippen molar-refractivity contribution in [1.29, 1.82) is 0 Å². The Hall–Kier alpha value is -3.66. The predicted octanol–water partition coefficient (Wildman–Crippen LogP) is 6.64. The zero-order valence-corrected chi connectivity index (χ0v) is 40.7. The van der Waals surface area contributed by atoms with Crippen LogP contribution in [-0.2, 0) is 52.5 Å². The summed E-state index contributed by atoms with van der Waals surface area (Å²) < 4.78 is 28.6. The Morgan fingerprint density at radius 3 is 2.29 bits per heavy atom. The highest BCUT2D eigenvalue weighted by Gasteiger charge is 2.53. The van der Waals surface area contributed by atoms with Crippen LogP contribution in [-0.4, -0.2) is 127 Å². The maximum atomic E-state index is 14.2. The molecule has 1 amide bonds. The molecular weight excluding hydrogens is 835 g/mol. The summed E-state index contributed by atoms with van der Waals surface area (Å²) in [5.74, 6) is -6.84. The van der Waals surface area contributed by atoms with E-state index in [1.54, 1.807) is 41.1 Å². The van der Waals surface area contributed by atoms with Gasteiger partial charge in [0.25, 0.3) is 11.7 Å². The zero-order chi connectivity index (χ0) is 48.4. The van der Waals surface area contributed by atoms with Gasteiger partial charge in [0.05, 0.1) is 24.4 Å². The van der Waals surface area contributed by atoms with E-state index in [9.17, 15) is 39.0 Å². The fraction of sp³-hybridized carbons (Fsp3) is 0.725. The van der Waals surface area contributed by atoms with Gasteiger partial charge in [-0.05, 0) is 107 Å². The van der Waals surface area contributed by atoms with Gasteiger partial charge in [-0.15, -0.1) is 0 Å². The second-order valence-electron chi connectivity index (χ2n) is 19.1. The first-order valence-corrected chi connectivity index (χ1v) is 23.7. The number of aliphatic hydroxyl groups is 2. The van der Waals surface area contributed by atoms with Gasteiger partial charge in [0.2, 0.25) is 5.79 Å².